The van der Waals surface area contributed by atoms with Crippen LogP contribution in [0.2, 0.25) is 0 Å². The first-order chi connectivity index (χ1) is 11.8. The molecule has 0 radical (unpaired) electrons. The SMILES string of the molecule is Cc1ccc(S(=O)(=O)Oc2ccc(C(=O)N(N)CCC#N)cc2)cc1. The number of aryl methyl sites for hydroxylation is 1. The van der Waals surface area contributed by atoms with Crippen molar-refractivity contribution in [3.05, 3.63) is 59.7 Å². The number of nitrogens with two attached hydrogens (primary N) is 1. The topological polar surface area (TPSA) is 113 Å². The highest BCUT2D eigenvalue weighted by Gasteiger charge is 2.17. The first-order valence-electron chi connectivity index (χ1n) is 7.38. The van der Waals surface area contributed by atoms with Crippen LogP contribution in [0.3, 0.4) is 0 Å². The van der Waals surface area contributed by atoms with E-state index < -0.39 is 16.0 Å². The zero-order valence-electron chi connectivity index (χ0n) is 13.5. The van der Waals surface area contributed by atoms with E-state index in [1.54, 1.807) is 12.1 Å². The van der Waals surface area contributed by atoms with Crippen molar-refractivity contribution < 1.29 is 17.4 Å². The van der Waals surface area contributed by atoms with Gasteiger partial charge in [-0.15, -0.1) is 0 Å². The van der Waals surface area contributed by atoms with Crippen LogP contribution in [0.4, 0.5) is 0 Å². The molecule has 0 bridgehead atoms. The average Bonchev–Trinajstić information content (AvgIpc) is 2.59. The number of benzene rings is 2. The molecule has 0 unspecified atom stereocenters. The second-order valence-electron chi connectivity index (χ2n) is 5.28. The van der Waals surface area contributed by atoms with Crippen molar-refractivity contribution in [2.75, 3.05) is 6.54 Å². The van der Waals surface area contributed by atoms with Crippen LogP contribution in [-0.2, 0) is 10.1 Å². The van der Waals surface area contributed by atoms with Gasteiger partial charge in [0.1, 0.15) is 10.6 Å². The first-order valence-corrected chi connectivity index (χ1v) is 8.79. The molecule has 2 N–H and O–H groups in total. The number of rotatable bonds is 6. The van der Waals surface area contributed by atoms with E-state index >= 15 is 0 Å². The molecule has 7 nitrogen and oxygen atoms in total. The molecule has 1 amide bonds. The molecule has 0 heterocycles. The summed E-state index contributed by atoms with van der Waals surface area (Å²) in [5, 5.41) is 9.44. The summed E-state index contributed by atoms with van der Waals surface area (Å²) in [6.07, 6.45) is 0.123. The van der Waals surface area contributed by atoms with E-state index in [1.165, 1.54) is 36.4 Å². The van der Waals surface area contributed by atoms with Crippen molar-refractivity contribution in [3.63, 3.8) is 0 Å². The Labute approximate surface area is 146 Å². The van der Waals surface area contributed by atoms with Gasteiger partial charge in [0, 0.05) is 5.56 Å². The number of carbonyl (C=O) groups excluding carboxylic acids is 1. The molecule has 0 saturated heterocycles. The van der Waals surface area contributed by atoms with E-state index in [-0.39, 0.29) is 29.2 Å². The van der Waals surface area contributed by atoms with Gasteiger partial charge in [0.05, 0.1) is 19.0 Å². The molecular weight excluding hydrogens is 342 g/mol. The second kappa shape index (κ2) is 7.79. The van der Waals surface area contributed by atoms with Gasteiger partial charge < -0.3 is 4.18 Å². The van der Waals surface area contributed by atoms with E-state index in [0.29, 0.717) is 0 Å². The van der Waals surface area contributed by atoms with Crippen LogP contribution < -0.4 is 10.0 Å². The fourth-order valence-corrected chi connectivity index (χ4v) is 2.90. The Hall–Kier alpha value is -2.89. The summed E-state index contributed by atoms with van der Waals surface area (Å²) >= 11 is 0. The largest absolute Gasteiger partial charge is 0.379 e. The number of nitrogens with zero attached hydrogens (tertiary/aromatic N) is 2. The molecule has 2 rings (SSSR count). The lowest BCUT2D eigenvalue weighted by Crippen LogP contribution is -2.38. The Kier molecular flexibility index (Phi) is 5.75. The minimum absolute atomic E-state index is 0.0443. The molecule has 130 valence electrons. The lowest BCUT2D eigenvalue weighted by molar-refractivity contribution is 0.0759. The van der Waals surface area contributed by atoms with E-state index in [4.69, 9.17) is 15.3 Å². The standard InChI is InChI=1S/C17H17N3O4S/c1-13-3-9-16(10-4-13)25(22,23)24-15-7-5-14(6-8-15)17(21)20(19)12-2-11-18/h3-10H,2,12,19H2,1H3. The van der Waals surface area contributed by atoms with Crippen LogP contribution in [-0.4, -0.2) is 25.9 Å². The molecule has 0 aromatic heterocycles. The predicted octanol–water partition coefficient (Wildman–Crippen LogP) is 1.99. The molecule has 8 heteroatoms. The molecule has 0 spiro atoms. The van der Waals surface area contributed by atoms with Gasteiger partial charge in [-0.05, 0) is 43.3 Å². The van der Waals surface area contributed by atoms with Crippen LogP contribution in [0.25, 0.3) is 0 Å². The third-order valence-corrected chi connectivity index (χ3v) is 4.60. The van der Waals surface area contributed by atoms with Gasteiger partial charge in [-0.3, -0.25) is 9.80 Å². The van der Waals surface area contributed by atoms with Gasteiger partial charge in [0.2, 0.25) is 0 Å². The number of carbonyl (C=O) groups is 1. The van der Waals surface area contributed by atoms with Gasteiger partial charge in [0.25, 0.3) is 5.91 Å². The van der Waals surface area contributed by atoms with Crippen LogP contribution in [0.1, 0.15) is 22.3 Å². The molecular formula is C17H17N3O4S. The minimum Gasteiger partial charge on any atom is -0.379 e. The summed E-state index contributed by atoms with van der Waals surface area (Å²) in [5.41, 5.74) is 1.20. The maximum absolute atomic E-state index is 12.2. The van der Waals surface area contributed by atoms with Crippen molar-refractivity contribution in [1.82, 2.24) is 5.01 Å². The Morgan fingerprint density at radius 1 is 1.16 bits per heavy atom. The van der Waals surface area contributed by atoms with E-state index in [1.807, 2.05) is 13.0 Å². The van der Waals surface area contributed by atoms with Crippen molar-refractivity contribution in [2.24, 2.45) is 5.84 Å². The fourth-order valence-electron chi connectivity index (χ4n) is 1.97. The normalized spacial score (nSPS) is 10.8. The van der Waals surface area contributed by atoms with Crippen molar-refractivity contribution in [3.8, 4) is 11.8 Å². The van der Waals surface area contributed by atoms with Crippen LogP contribution in [0.15, 0.2) is 53.4 Å². The molecule has 0 fully saturated rings. The third-order valence-electron chi connectivity index (χ3n) is 3.34. The van der Waals surface area contributed by atoms with E-state index in [0.717, 1.165) is 10.6 Å². The predicted molar refractivity (Wildman–Crippen MR) is 90.9 cm³/mol. The van der Waals surface area contributed by atoms with Gasteiger partial charge >= 0.3 is 10.1 Å². The third kappa shape index (κ3) is 4.79. The second-order valence-corrected chi connectivity index (χ2v) is 6.83. The maximum atomic E-state index is 12.2. The zero-order chi connectivity index (χ0) is 18.4. The zero-order valence-corrected chi connectivity index (χ0v) is 14.4. The summed E-state index contributed by atoms with van der Waals surface area (Å²) < 4.78 is 29.5. The smallest absolute Gasteiger partial charge is 0.339 e. The number of hydrogen-bond acceptors (Lipinski definition) is 6. The van der Waals surface area contributed by atoms with Gasteiger partial charge in [-0.25, -0.2) is 5.84 Å². The fraction of sp³-hybridized carbons (Fsp3) is 0.176. The van der Waals surface area contributed by atoms with E-state index in [9.17, 15) is 13.2 Å². The van der Waals surface area contributed by atoms with Gasteiger partial charge in [0.15, 0.2) is 0 Å². The Morgan fingerprint density at radius 3 is 2.32 bits per heavy atom. The highest BCUT2D eigenvalue weighted by Crippen LogP contribution is 2.20. The highest BCUT2D eigenvalue weighted by molar-refractivity contribution is 7.87. The Bertz CT molecular complexity index is 885. The lowest BCUT2D eigenvalue weighted by atomic mass is 10.2. The minimum atomic E-state index is -3.95. The number of hydrogen-bond donors (Lipinski definition) is 1. The number of nitriles is 1. The summed E-state index contributed by atoms with van der Waals surface area (Å²) in [6.45, 7) is 1.96. The quantitative estimate of drug-likeness (QED) is 0.365. The number of hydrazine groups is 1. The van der Waals surface area contributed by atoms with Gasteiger partial charge in [-0.1, -0.05) is 17.7 Å². The molecule has 25 heavy (non-hydrogen) atoms. The summed E-state index contributed by atoms with van der Waals surface area (Å²) in [7, 11) is -3.95. The van der Waals surface area contributed by atoms with Crippen LogP contribution >= 0.6 is 0 Å². The van der Waals surface area contributed by atoms with Crippen LogP contribution in [0.5, 0.6) is 5.75 Å². The Morgan fingerprint density at radius 2 is 1.76 bits per heavy atom. The average molecular weight is 359 g/mol. The highest BCUT2D eigenvalue weighted by atomic mass is 32.2. The number of amides is 1. The van der Waals surface area contributed by atoms with Crippen molar-refractivity contribution in [2.45, 2.75) is 18.2 Å². The molecule has 0 saturated carbocycles. The molecule has 0 atom stereocenters. The molecule has 0 aliphatic carbocycles. The van der Waals surface area contributed by atoms with Gasteiger partial charge in [-0.2, -0.15) is 13.7 Å². The molecule has 0 aliphatic rings. The summed E-state index contributed by atoms with van der Waals surface area (Å²) in [6, 6.07) is 13.7. The summed E-state index contributed by atoms with van der Waals surface area (Å²) in [4.78, 5) is 12.1. The lowest BCUT2D eigenvalue weighted by Gasteiger charge is -2.15. The van der Waals surface area contributed by atoms with E-state index in [2.05, 4.69) is 0 Å². The first kappa shape index (κ1) is 18.4. The van der Waals surface area contributed by atoms with Crippen molar-refractivity contribution in [1.29, 1.82) is 5.26 Å². The maximum Gasteiger partial charge on any atom is 0.339 e. The van der Waals surface area contributed by atoms with Crippen LogP contribution in [0, 0.1) is 18.3 Å². The monoisotopic (exact) mass is 359 g/mol. The summed E-state index contributed by atoms with van der Waals surface area (Å²) in [5.74, 6) is 5.18. The molecule has 2 aromatic carbocycles. The van der Waals surface area contributed by atoms with Crippen molar-refractivity contribution >= 4 is 16.0 Å². The Balaban J connectivity index is 2.11. The molecule has 2 aromatic rings. The molecule has 0 aliphatic heterocycles.